The van der Waals surface area contributed by atoms with Crippen molar-refractivity contribution in [2.75, 3.05) is 19.8 Å². The van der Waals surface area contributed by atoms with Crippen molar-refractivity contribution in [1.29, 1.82) is 0 Å². The highest BCUT2D eigenvalue weighted by molar-refractivity contribution is 5.03. The molecule has 0 amide bonds. The predicted molar refractivity (Wildman–Crippen MR) is 37.4 cm³/mol. The first kappa shape index (κ1) is 9.85. The molecule has 0 saturated carbocycles. The predicted octanol–water partition coefficient (Wildman–Crippen LogP) is -2.86. The van der Waals surface area contributed by atoms with Crippen molar-refractivity contribution < 1.29 is 25.6 Å². The summed E-state index contributed by atoms with van der Waals surface area (Å²) in [7, 11) is 0. The van der Waals surface area contributed by atoms with Crippen LogP contribution in [-0.2, 0) is 0 Å². The number of rotatable bonds is 2. The zero-order valence-electron chi connectivity index (χ0n) is 6.46. The Bertz CT molecular complexity index is 160. The zero-order chi connectivity index (χ0) is 9.35. The number of β-amino-alcohol motifs (C(OH)–C–C–N with tert-alkyl or cyclic N) is 1. The Morgan fingerprint density at radius 2 is 1.75 bits per heavy atom. The molecule has 1 fully saturated rings. The minimum Gasteiger partial charge on any atom is -0.394 e. The Kier molecular flexibility index (Phi) is 2.67. The molecule has 0 radical (unpaired) electrons. The van der Waals surface area contributed by atoms with E-state index >= 15 is 0 Å². The van der Waals surface area contributed by atoms with Gasteiger partial charge in [-0.15, -0.1) is 0 Å². The van der Waals surface area contributed by atoms with Crippen LogP contribution in [-0.4, -0.2) is 68.2 Å². The fourth-order valence-electron chi connectivity index (χ4n) is 1.37. The standard InChI is InChI=1S/C6H13NO5/c8-2-6(3-9)5(11)4(10)1-7(6)12/h4-5,8-12H,1-3H2/t4-,5-/m1/s1. The van der Waals surface area contributed by atoms with E-state index in [1.165, 1.54) is 0 Å². The summed E-state index contributed by atoms with van der Waals surface area (Å²) in [4.78, 5) is 0. The topological polar surface area (TPSA) is 104 Å². The van der Waals surface area contributed by atoms with Gasteiger partial charge >= 0.3 is 0 Å². The average Bonchev–Trinajstić information content (AvgIpc) is 2.26. The lowest BCUT2D eigenvalue weighted by Gasteiger charge is -2.32. The molecular formula is C6H13NO5. The van der Waals surface area contributed by atoms with Crippen LogP contribution in [0.25, 0.3) is 0 Å². The van der Waals surface area contributed by atoms with E-state index in [1.807, 2.05) is 0 Å². The molecule has 0 bridgehead atoms. The number of hydrogen-bond donors (Lipinski definition) is 5. The summed E-state index contributed by atoms with van der Waals surface area (Å²) in [6, 6.07) is 0. The lowest BCUT2D eigenvalue weighted by molar-refractivity contribution is -0.195. The SMILES string of the molecule is OCC1(CO)[C@H](O)[C@H](O)CN1O. The third kappa shape index (κ3) is 1.13. The van der Waals surface area contributed by atoms with Crippen molar-refractivity contribution in [3.05, 3.63) is 0 Å². The summed E-state index contributed by atoms with van der Waals surface area (Å²) in [5.41, 5.74) is -1.53. The summed E-state index contributed by atoms with van der Waals surface area (Å²) in [6.07, 6.45) is -2.48. The third-order valence-electron chi connectivity index (χ3n) is 2.34. The maximum Gasteiger partial charge on any atom is 0.120 e. The minimum atomic E-state index is -1.53. The smallest absolute Gasteiger partial charge is 0.120 e. The van der Waals surface area contributed by atoms with Crippen LogP contribution in [0, 0.1) is 0 Å². The second-order valence-corrected chi connectivity index (χ2v) is 3.01. The Labute approximate surface area is 69.2 Å². The highest BCUT2D eigenvalue weighted by atomic mass is 16.5. The molecule has 0 unspecified atom stereocenters. The van der Waals surface area contributed by atoms with Crippen LogP contribution in [0.15, 0.2) is 0 Å². The van der Waals surface area contributed by atoms with Crippen LogP contribution in [0.3, 0.4) is 0 Å². The van der Waals surface area contributed by atoms with Gasteiger partial charge in [0.25, 0.3) is 0 Å². The second-order valence-electron chi connectivity index (χ2n) is 3.01. The Morgan fingerprint density at radius 3 is 1.92 bits per heavy atom. The molecule has 1 aliphatic rings. The second kappa shape index (κ2) is 3.25. The number of hydrogen-bond acceptors (Lipinski definition) is 6. The van der Waals surface area contributed by atoms with Crippen molar-refractivity contribution >= 4 is 0 Å². The van der Waals surface area contributed by atoms with Crippen LogP contribution >= 0.6 is 0 Å². The van der Waals surface area contributed by atoms with Crippen LogP contribution in [0.4, 0.5) is 0 Å². The largest absolute Gasteiger partial charge is 0.394 e. The van der Waals surface area contributed by atoms with Crippen molar-refractivity contribution in [3.63, 3.8) is 0 Å². The van der Waals surface area contributed by atoms with Crippen molar-refractivity contribution in [3.8, 4) is 0 Å². The average molecular weight is 179 g/mol. The molecule has 0 aliphatic carbocycles. The highest BCUT2D eigenvalue weighted by Crippen LogP contribution is 2.27. The molecule has 0 aromatic rings. The third-order valence-corrected chi connectivity index (χ3v) is 2.34. The summed E-state index contributed by atoms with van der Waals surface area (Å²) in [5.74, 6) is 0. The quantitative estimate of drug-likeness (QED) is 0.312. The van der Waals surface area contributed by atoms with Crippen molar-refractivity contribution in [2.24, 2.45) is 0 Å². The first-order valence-electron chi connectivity index (χ1n) is 3.63. The van der Waals surface area contributed by atoms with E-state index in [0.29, 0.717) is 5.06 Å². The summed E-state index contributed by atoms with van der Waals surface area (Å²) < 4.78 is 0. The molecule has 12 heavy (non-hydrogen) atoms. The van der Waals surface area contributed by atoms with Crippen LogP contribution in [0.5, 0.6) is 0 Å². The molecule has 5 N–H and O–H groups in total. The van der Waals surface area contributed by atoms with Gasteiger partial charge in [-0.05, 0) is 0 Å². The molecule has 1 heterocycles. The Hall–Kier alpha value is -0.240. The van der Waals surface area contributed by atoms with Gasteiger partial charge in [0, 0.05) is 0 Å². The maximum absolute atomic E-state index is 9.31. The van der Waals surface area contributed by atoms with E-state index in [2.05, 4.69) is 0 Å². The number of hydroxylamine groups is 2. The summed E-state index contributed by atoms with van der Waals surface area (Å²) in [5, 5.41) is 45.8. The van der Waals surface area contributed by atoms with Gasteiger partial charge in [0.05, 0.1) is 25.9 Å². The number of aliphatic hydroxyl groups is 4. The fourth-order valence-corrected chi connectivity index (χ4v) is 1.37. The van der Waals surface area contributed by atoms with Gasteiger partial charge in [-0.25, -0.2) is 0 Å². The molecule has 2 atom stereocenters. The van der Waals surface area contributed by atoms with E-state index in [9.17, 15) is 10.3 Å². The zero-order valence-corrected chi connectivity index (χ0v) is 6.46. The number of aliphatic hydroxyl groups excluding tert-OH is 4. The molecule has 6 heteroatoms. The van der Waals surface area contributed by atoms with Crippen LogP contribution in [0.1, 0.15) is 0 Å². The van der Waals surface area contributed by atoms with E-state index < -0.39 is 31.0 Å². The van der Waals surface area contributed by atoms with Crippen molar-refractivity contribution in [1.82, 2.24) is 5.06 Å². The lowest BCUT2D eigenvalue weighted by Crippen LogP contribution is -2.56. The maximum atomic E-state index is 9.31. The van der Waals surface area contributed by atoms with Gasteiger partial charge in [-0.2, -0.15) is 5.06 Å². The molecule has 0 aromatic carbocycles. The molecule has 0 aromatic heterocycles. The van der Waals surface area contributed by atoms with Crippen LogP contribution < -0.4 is 0 Å². The molecule has 1 saturated heterocycles. The Balaban J connectivity index is 2.85. The van der Waals surface area contributed by atoms with Gasteiger partial charge in [-0.1, -0.05) is 0 Å². The van der Waals surface area contributed by atoms with Gasteiger partial charge in [0.2, 0.25) is 0 Å². The van der Waals surface area contributed by atoms with E-state index in [4.69, 9.17) is 15.3 Å². The van der Waals surface area contributed by atoms with Gasteiger partial charge < -0.3 is 25.6 Å². The molecule has 72 valence electrons. The highest BCUT2D eigenvalue weighted by Gasteiger charge is 2.52. The molecule has 6 nitrogen and oxygen atoms in total. The first-order valence-corrected chi connectivity index (χ1v) is 3.63. The Morgan fingerprint density at radius 1 is 1.25 bits per heavy atom. The monoisotopic (exact) mass is 179 g/mol. The molecule has 0 spiro atoms. The number of nitrogens with zero attached hydrogens (tertiary/aromatic N) is 1. The lowest BCUT2D eigenvalue weighted by atomic mass is 9.95. The van der Waals surface area contributed by atoms with E-state index in [1.54, 1.807) is 0 Å². The minimum absolute atomic E-state index is 0.178. The molecule has 1 aliphatic heterocycles. The van der Waals surface area contributed by atoms with Crippen LogP contribution in [0.2, 0.25) is 0 Å². The van der Waals surface area contributed by atoms with Gasteiger partial charge in [0.15, 0.2) is 0 Å². The first-order chi connectivity index (χ1) is 5.58. The van der Waals surface area contributed by atoms with Crippen molar-refractivity contribution in [2.45, 2.75) is 17.7 Å². The van der Waals surface area contributed by atoms with Gasteiger partial charge in [0.1, 0.15) is 11.6 Å². The van der Waals surface area contributed by atoms with Gasteiger partial charge in [-0.3, -0.25) is 0 Å². The molecule has 1 rings (SSSR count). The normalized spacial score (nSPS) is 35.8. The summed E-state index contributed by atoms with van der Waals surface area (Å²) in [6.45, 7) is -1.40. The van der Waals surface area contributed by atoms with E-state index in [0.717, 1.165) is 0 Å². The molecular weight excluding hydrogens is 166 g/mol. The van der Waals surface area contributed by atoms with E-state index in [-0.39, 0.29) is 6.54 Å². The fraction of sp³-hybridized carbons (Fsp3) is 1.00. The summed E-state index contributed by atoms with van der Waals surface area (Å²) >= 11 is 0.